The molecule has 2 aromatic rings. The second-order valence-corrected chi connectivity index (χ2v) is 15.4. The maximum atomic E-state index is 12.6. The first-order valence-corrected chi connectivity index (χ1v) is 16.7. The number of unbranched alkanes of at least 4 members (excludes halogenated alkanes) is 9. The van der Waals surface area contributed by atoms with Gasteiger partial charge in [0.2, 0.25) is 0 Å². The first kappa shape index (κ1) is 27.4. The molecule has 1 unspecified atom stereocenters. The van der Waals surface area contributed by atoms with Crippen LogP contribution in [-0.4, -0.2) is 14.0 Å². The first-order chi connectivity index (χ1) is 15.9. The van der Waals surface area contributed by atoms with Crippen molar-refractivity contribution in [1.82, 2.24) is 0 Å². The molecule has 0 saturated heterocycles. The Balaban J connectivity index is 1.81. The zero-order valence-electron chi connectivity index (χ0n) is 21.5. The summed E-state index contributed by atoms with van der Waals surface area (Å²) in [6, 6.07) is 12.3. The van der Waals surface area contributed by atoms with E-state index in [0.717, 1.165) is 30.2 Å². The summed E-state index contributed by atoms with van der Waals surface area (Å²) in [5.74, 6) is -0.119. The highest BCUT2D eigenvalue weighted by Gasteiger charge is 2.25. The molecule has 1 aromatic heterocycles. The SMILES string of the molecule is CCCCCCCCCCCCC(OC(=O)CCc1ccccc1)c1coc([Si](C)(C)C)c1. The number of esters is 1. The number of benzene rings is 1. The van der Waals surface area contributed by atoms with Gasteiger partial charge in [0.05, 0.1) is 11.6 Å². The van der Waals surface area contributed by atoms with Crippen molar-refractivity contribution >= 4 is 19.4 Å². The molecule has 0 bridgehead atoms. The first-order valence-electron chi connectivity index (χ1n) is 13.2. The molecule has 0 spiro atoms. The average molecular weight is 471 g/mol. The van der Waals surface area contributed by atoms with Crippen molar-refractivity contribution in [3.05, 3.63) is 53.8 Å². The number of carbonyl (C=O) groups is 1. The molecule has 184 valence electrons. The predicted molar refractivity (Wildman–Crippen MR) is 142 cm³/mol. The predicted octanol–water partition coefficient (Wildman–Crippen LogP) is 8.35. The van der Waals surface area contributed by atoms with Crippen LogP contribution in [0.4, 0.5) is 0 Å². The van der Waals surface area contributed by atoms with Crippen LogP contribution in [0.3, 0.4) is 0 Å². The van der Waals surface area contributed by atoms with Crippen LogP contribution in [-0.2, 0) is 16.0 Å². The smallest absolute Gasteiger partial charge is 0.306 e. The number of hydrogen-bond acceptors (Lipinski definition) is 3. The molecule has 0 aliphatic heterocycles. The van der Waals surface area contributed by atoms with Crippen LogP contribution in [0.15, 0.2) is 47.1 Å². The van der Waals surface area contributed by atoms with E-state index in [9.17, 15) is 4.79 Å². The molecule has 0 saturated carbocycles. The van der Waals surface area contributed by atoms with E-state index in [1.54, 1.807) is 0 Å². The zero-order chi connectivity index (χ0) is 23.9. The Morgan fingerprint density at radius 2 is 1.52 bits per heavy atom. The number of furan rings is 1. The van der Waals surface area contributed by atoms with E-state index in [0.29, 0.717) is 6.42 Å². The molecule has 1 atom stereocenters. The third-order valence-electron chi connectivity index (χ3n) is 6.28. The van der Waals surface area contributed by atoms with Crippen molar-refractivity contribution in [2.75, 3.05) is 0 Å². The van der Waals surface area contributed by atoms with E-state index in [1.807, 2.05) is 24.5 Å². The van der Waals surface area contributed by atoms with E-state index in [4.69, 9.17) is 9.15 Å². The maximum absolute atomic E-state index is 12.6. The number of carbonyl (C=O) groups excluding carboxylic acids is 1. The quantitative estimate of drug-likeness (QED) is 0.132. The molecule has 33 heavy (non-hydrogen) atoms. The molecular weight excluding hydrogens is 424 g/mol. The van der Waals surface area contributed by atoms with Gasteiger partial charge in [0, 0.05) is 12.0 Å². The molecule has 4 heteroatoms. The van der Waals surface area contributed by atoms with E-state index < -0.39 is 8.07 Å². The van der Waals surface area contributed by atoms with Gasteiger partial charge in [-0.2, -0.15) is 0 Å². The Morgan fingerprint density at radius 1 is 0.909 bits per heavy atom. The molecule has 0 aliphatic carbocycles. The highest BCUT2D eigenvalue weighted by molar-refractivity contribution is 6.87. The average Bonchev–Trinajstić information content (AvgIpc) is 3.30. The summed E-state index contributed by atoms with van der Waals surface area (Å²) in [6.45, 7) is 9.10. The van der Waals surface area contributed by atoms with E-state index in [1.165, 1.54) is 63.4 Å². The molecule has 0 amide bonds. The highest BCUT2D eigenvalue weighted by Crippen LogP contribution is 2.26. The van der Waals surface area contributed by atoms with E-state index in [2.05, 4.69) is 44.8 Å². The van der Waals surface area contributed by atoms with Gasteiger partial charge in [0.15, 0.2) is 0 Å². The molecule has 0 radical (unpaired) electrons. The summed E-state index contributed by atoms with van der Waals surface area (Å²) >= 11 is 0. The lowest BCUT2D eigenvalue weighted by molar-refractivity contribution is -0.149. The van der Waals surface area contributed by atoms with Gasteiger partial charge in [0.25, 0.3) is 0 Å². The highest BCUT2D eigenvalue weighted by atomic mass is 28.3. The van der Waals surface area contributed by atoms with Gasteiger partial charge in [-0.25, -0.2) is 0 Å². The number of aryl methyl sites for hydroxylation is 1. The number of ether oxygens (including phenoxy) is 1. The molecule has 0 fully saturated rings. The number of rotatable bonds is 17. The van der Waals surface area contributed by atoms with Crippen LogP contribution < -0.4 is 5.38 Å². The van der Waals surface area contributed by atoms with Gasteiger partial charge in [-0.3, -0.25) is 4.79 Å². The van der Waals surface area contributed by atoms with Gasteiger partial charge in [-0.15, -0.1) is 0 Å². The zero-order valence-corrected chi connectivity index (χ0v) is 22.5. The third-order valence-corrected chi connectivity index (χ3v) is 8.03. The topological polar surface area (TPSA) is 39.4 Å². The van der Waals surface area contributed by atoms with Crippen molar-refractivity contribution in [3.63, 3.8) is 0 Å². The van der Waals surface area contributed by atoms with Gasteiger partial charge >= 0.3 is 5.97 Å². The Hall–Kier alpha value is -1.81. The van der Waals surface area contributed by atoms with Crippen molar-refractivity contribution in [3.8, 4) is 0 Å². The van der Waals surface area contributed by atoms with Crippen LogP contribution in [0.25, 0.3) is 0 Å². The molecule has 1 heterocycles. The van der Waals surface area contributed by atoms with Gasteiger partial charge in [-0.05, 0) is 30.9 Å². The van der Waals surface area contributed by atoms with Crippen LogP contribution in [0.5, 0.6) is 0 Å². The standard InChI is InChI=1S/C29H46O3Si/c1-5-6-7-8-9-10-11-12-13-17-20-27(26-23-29(31-24-26)33(2,3)4)32-28(30)22-21-25-18-15-14-16-19-25/h14-16,18-19,23-24,27H,5-13,17,20-22H2,1-4H3. The Labute approximate surface area is 203 Å². The van der Waals surface area contributed by atoms with Crippen molar-refractivity contribution < 1.29 is 13.9 Å². The molecule has 1 aromatic carbocycles. The molecular formula is C29H46O3Si. The van der Waals surface area contributed by atoms with Crippen molar-refractivity contribution in [2.24, 2.45) is 0 Å². The maximum Gasteiger partial charge on any atom is 0.306 e. The lowest BCUT2D eigenvalue weighted by Crippen LogP contribution is -2.36. The van der Waals surface area contributed by atoms with Crippen LogP contribution in [0.2, 0.25) is 19.6 Å². The Bertz CT molecular complexity index is 776. The molecule has 0 N–H and O–H groups in total. The van der Waals surface area contributed by atoms with Crippen LogP contribution >= 0.6 is 0 Å². The lowest BCUT2D eigenvalue weighted by Gasteiger charge is -2.17. The van der Waals surface area contributed by atoms with Crippen LogP contribution in [0, 0.1) is 0 Å². The van der Waals surface area contributed by atoms with Gasteiger partial charge < -0.3 is 9.15 Å². The van der Waals surface area contributed by atoms with Gasteiger partial charge in [-0.1, -0.05) is 115 Å². The summed E-state index contributed by atoms with van der Waals surface area (Å²) in [6.07, 6.45) is 16.7. The largest absolute Gasteiger partial charge is 0.474 e. The summed E-state index contributed by atoms with van der Waals surface area (Å²) in [4.78, 5) is 12.6. The fourth-order valence-electron chi connectivity index (χ4n) is 4.13. The molecule has 0 aliphatic rings. The fourth-order valence-corrected chi connectivity index (χ4v) is 5.14. The molecule has 3 nitrogen and oxygen atoms in total. The monoisotopic (exact) mass is 470 g/mol. The Kier molecular flexibility index (Phi) is 12.6. The van der Waals surface area contributed by atoms with E-state index >= 15 is 0 Å². The minimum atomic E-state index is -1.53. The lowest BCUT2D eigenvalue weighted by atomic mass is 10.0. The Morgan fingerprint density at radius 3 is 2.09 bits per heavy atom. The van der Waals surface area contributed by atoms with Crippen LogP contribution in [0.1, 0.15) is 101 Å². The minimum absolute atomic E-state index is 0.119. The summed E-state index contributed by atoms with van der Waals surface area (Å²) in [5.41, 5.74) is 2.20. The number of hydrogen-bond donors (Lipinski definition) is 0. The summed E-state index contributed by atoms with van der Waals surface area (Å²) in [7, 11) is -1.53. The minimum Gasteiger partial charge on any atom is -0.474 e. The summed E-state index contributed by atoms with van der Waals surface area (Å²) < 4.78 is 11.9. The second kappa shape index (κ2) is 15.2. The summed E-state index contributed by atoms with van der Waals surface area (Å²) in [5, 5.41) is 1.07. The fraction of sp³-hybridized carbons (Fsp3) is 0.621. The second-order valence-electron chi connectivity index (χ2n) is 10.4. The van der Waals surface area contributed by atoms with Gasteiger partial charge in [0.1, 0.15) is 14.2 Å². The van der Waals surface area contributed by atoms with E-state index in [-0.39, 0.29) is 12.1 Å². The third kappa shape index (κ3) is 11.2. The normalized spacial score (nSPS) is 12.6. The van der Waals surface area contributed by atoms with Crippen molar-refractivity contribution in [2.45, 2.75) is 116 Å². The van der Waals surface area contributed by atoms with Crippen molar-refractivity contribution in [1.29, 1.82) is 0 Å². The molecule has 2 rings (SSSR count).